The molecule has 9 heteroatoms. The zero-order valence-electron chi connectivity index (χ0n) is 22.1. The number of aromatic nitrogens is 2. The zero-order chi connectivity index (χ0) is 27.4. The van der Waals surface area contributed by atoms with Gasteiger partial charge in [-0.25, -0.2) is 4.98 Å². The molecule has 0 bridgehead atoms. The Morgan fingerprint density at radius 1 is 1.05 bits per heavy atom. The summed E-state index contributed by atoms with van der Waals surface area (Å²) in [6.45, 7) is 7.99. The molecule has 2 atom stereocenters. The number of halogens is 1. The minimum Gasteiger partial charge on any atom is -0.493 e. The summed E-state index contributed by atoms with van der Waals surface area (Å²) < 4.78 is 19.0. The fourth-order valence-corrected chi connectivity index (χ4v) is 5.31. The van der Waals surface area contributed by atoms with E-state index in [4.69, 9.17) is 25.8 Å². The molecule has 4 aromatic rings. The molecule has 0 fully saturated rings. The van der Waals surface area contributed by atoms with Gasteiger partial charge < -0.3 is 14.2 Å². The number of fused-ring (bicyclic) bond motifs is 1. The first kappa shape index (κ1) is 27.7. The fourth-order valence-electron chi connectivity index (χ4n) is 4.14. The lowest BCUT2D eigenvalue weighted by Crippen LogP contribution is -2.26. The van der Waals surface area contributed by atoms with Crippen LogP contribution in [0, 0.1) is 11.8 Å². The molecule has 0 aliphatic carbocycles. The normalized spacial score (nSPS) is 12.9. The van der Waals surface area contributed by atoms with Gasteiger partial charge in [0.25, 0.3) is 5.56 Å². The van der Waals surface area contributed by atoms with Crippen molar-refractivity contribution in [3.05, 3.63) is 70.2 Å². The number of hydrogen-bond donors (Lipinski definition) is 0. The van der Waals surface area contributed by atoms with E-state index in [1.807, 2.05) is 37.3 Å². The highest BCUT2D eigenvalue weighted by Crippen LogP contribution is 2.33. The Balaban J connectivity index is 1.51. The summed E-state index contributed by atoms with van der Waals surface area (Å²) in [5.41, 5.74) is 2.03. The third-order valence-electron chi connectivity index (χ3n) is 6.01. The second kappa shape index (κ2) is 12.0. The highest BCUT2D eigenvalue weighted by molar-refractivity contribution is 7.22. The van der Waals surface area contributed by atoms with Gasteiger partial charge in [0.05, 0.1) is 24.2 Å². The lowest BCUT2D eigenvalue weighted by atomic mass is 9.99. The maximum atomic E-state index is 13.3. The van der Waals surface area contributed by atoms with Crippen LogP contribution >= 0.6 is 22.9 Å². The third-order valence-corrected chi connectivity index (χ3v) is 7.42. The van der Waals surface area contributed by atoms with Crippen LogP contribution in [0.1, 0.15) is 34.1 Å². The largest absolute Gasteiger partial charge is 0.493 e. The van der Waals surface area contributed by atoms with Crippen molar-refractivity contribution < 1.29 is 19.0 Å². The average molecular weight is 555 g/mol. The van der Waals surface area contributed by atoms with Crippen LogP contribution in [-0.4, -0.2) is 35.3 Å². The van der Waals surface area contributed by atoms with Crippen molar-refractivity contribution in [2.24, 2.45) is 11.8 Å². The van der Waals surface area contributed by atoms with Gasteiger partial charge in [-0.1, -0.05) is 44.5 Å². The molecule has 0 saturated heterocycles. The van der Waals surface area contributed by atoms with Gasteiger partial charge in [0.1, 0.15) is 23.7 Å². The van der Waals surface area contributed by atoms with Crippen molar-refractivity contribution in [3.63, 3.8) is 0 Å². The van der Waals surface area contributed by atoms with Crippen molar-refractivity contribution in [2.45, 2.75) is 40.2 Å². The molecule has 0 aliphatic heterocycles. The predicted molar refractivity (Wildman–Crippen MR) is 152 cm³/mol. The van der Waals surface area contributed by atoms with Crippen LogP contribution in [0.5, 0.6) is 11.5 Å². The van der Waals surface area contributed by atoms with E-state index in [9.17, 15) is 9.59 Å². The number of rotatable bonds is 10. The maximum Gasteiger partial charge on any atom is 0.309 e. The summed E-state index contributed by atoms with van der Waals surface area (Å²) >= 11 is 7.40. The minimum atomic E-state index is -0.426. The first-order valence-corrected chi connectivity index (χ1v) is 13.6. The van der Waals surface area contributed by atoms with Crippen molar-refractivity contribution in [1.29, 1.82) is 0 Å². The second-order valence-corrected chi connectivity index (χ2v) is 11.2. The standard InChI is InChI=1S/C29H31ClN2O5S/c1-17(2)12-18(3)29(34)37-19(4)15-36-24-11-10-22(13-25(24)35-5)32-16-31-23-14-26(38-27(23)28(32)33)20-6-8-21(30)9-7-20/h6-11,13-14,16-19H,12,15H2,1-5H3/t18-,19?/m0/s1. The van der Waals surface area contributed by atoms with Crippen LogP contribution in [0.4, 0.5) is 0 Å². The van der Waals surface area contributed by atoms with Crippen molar-refractivity contribution in [3.8, 4) is 27.6 Å². The van der Waals surface area contributed by atoms with E-state index in [1.165, 1.54) is 29.3 Å². The van der Waals surface area contributed by atoms with Crippen LogP contribution in [0.2, 0.25) is 5.02 Å². The van der Waals surface area contributed by atoms with Gasteiger partial charge in [-0.2, -0.15) is 0 Å². The first-order chi connectivity index (χ1) is 18.2. The zero-order valence-corrected chi connectivity index (χ0v) is 23.6. The third kappa shape index (κ3) is 6.37. The van der Waals surface area contributed by atoms with Crippen LogP contribution in [0.25, 0.3) is 26.3 Å². The van der Waals surface area contributed by atoms with Crippen LogP contribution < -0.4 is 15.0 Å². The Kier molecular flexibility index (Phi) is 8.74. The van der Waals surface area contributed by atoms with Gasteiger partial charge in [-0.05, 0) is 55.2 Å². The summed E-state index contributed by atoms with van der Waals surface area (Å²) in [5.74, 6) is 0.959. The summed E-state index contributed by atoms with van der Waals surface area (Å²) in [5, 5.41) is 0.656. The Morgan fingerprint density at radius 2 is 1.79 bits per heavy atom. The number of benzene rings is 2. The van der Waals surface area contributed by atoms with Crippen LogP contribution in [-0.2, 0) is 9.53 Å². The summed E-state index contributed by atoms with van der Waals surface area (Å²) in [7, 11) is 1.53. The van der Waals surface area contributed by atoms with Gasteiger partial charge in [0, 0.05) is 16.0 Å². The van der Waals surface area contributed by atoms with Gasteiger partial charge in [-0.3, -0.25) is 14.2 Å². The van der Waals surface area contributed by atoms with Gasteiger partial charge in [-0.15, -0.1) is 11.3 Å². The van der Waals surface area contributed by atoms with Crippen molar-refractivity contribution >= 4 is 39.1 Å². The minimum absolute atomic E-state index is 0.166. The van der Waals surface area contributed by atoms with Crippen molar-refractivity contribution in [1.82, 2.24) is 9.55 Å². The molecule has 0 radical (unpaired) electrons. The molecule has 0 aliphatic rings. The lowest BCUT2D eigenvalue weighted by Gasteiger charge is -2.19. The smallest absolute Gasteiger partial charge is 0.309 e. The van der Waals surface area contributed by atoms with E-state index in [0.29, 0.717) is 38.3 Å². The summed E-state index contributed by atoms with van der Waals surface area (Å²) in [4.78, 5) is 31.1. The monoisotopic (exact) mass is 554 g/mol. The topological polar surface area (TPSA) is 79.7 Å². The molecule has 0 N–H and O–H groups in total. The number of esters is 1. The predicted octanol–water partition coefficient (Wildman–Crippen LogP) is 6.77. The van der Waals surface area contributed by atoms with E-state index in [-0.39, 0.29) is 24.1 Å². The molecule has 1 unspecified atom stereocenters. The summed E-state index contributed by atoms with van der Waals surface area (Å²) in [6.07, 6.45) is 1.86. The maximum absolute atomic E-state index is 13.3. The average Bonchev–Trinajstić information content (AvgIpc) is 3.33. The molecule has 0 amide bonds. The molecular formula is C29H31ClN2O5S. The van der Waals surface area contributed by atoms with Gasteiger partial charge >= 0.3 is 5.97 Å². The van der Waals surface area contributed by atoms with E-state index in [2.05, 4.69) is 18.8 Å². The number of hydrogen-bond acceptors (Lipinski definition) is 7. The number of thiophene rings is 1. The molecule has 200 valence electrons. The molecule has 38 heavy (non-hydrogen) atoms. The number of carbonyl (C=O) groups is 1. The Bertz CT molecular complexity index is 1480. The number of ether oxygens (including phenoxy) is 3. The molecule has 2 heterocycles. The molecule has 0 spiro atoms. The quantitative estimate of drug-likeness (QED) is 0.201. The molecule has 7 nitrogen and oxygen atoms in total. The fraction of sp³-hybridized carbons (Fsp3) is 0.345. The Labute approximate surface area is 230 Å². The molecule has 4 rings (SSSR count). The number of methoxy groups -OCH3 is 1. The van der Waals surface area contributed by atoms with E-state index in [1.54, 1.807) is 25.1 Å². The number of nitrogens with zero attached hydrogens (tertiary/aromatic N) is 2. The Morgan fingerprint density at radius 3 is 2.47 bits per heavy atom. The Hall–Kier alpha value is -3.36. The number of carbonyl (C=O) groups excluding carboxylic acids is 1. The van der Waals surface area contributed by atoms with Gasteiger partial charge in [0.15, 0.2) is 11.5 Å². The van der Waals surface area contributed by atoms with E-state index >= 15 is 0 Å². The first-order valence-electron chi connectivity index (χ1n) is 12.4. The van der Waals surface area contributed by atoms with E-state index < -0.39 is 6.10 Å². The SMILES string of the molecule is COc1cc(-n2cnc3cc(-c4ccc(Cl)cc4)sc3c2=O)ccc1OCC(C)OC(=O)[C@@H](C)CC(C)C. The molecule has 2 aromatic carbocycles. The molecule has 2 aromatic heterocycles. The summed E-state index contributed by atoms with van der Waals surface area (Å²) in [6, 6.07) is 14.6. The highest BCUT2D eigenvalue weighted by atomic mass is 35.5. The van der Waals surface area contributed by atoms with Gasteiger partial charge in [0.2, 0.25) is 0 Å². The van der Waals surface area contributed by atoms with Crippen LogP contribution in [0.3, 0.4) is 0 Å². The second-order valence-electron chi connectivity index (χ2n) is 9.68. The van der Waals surface area contributed by atoms with Crippen LogP contribution in [0.15, 0.2) is 59.7 Å². The van der Waals surface area contributed by atoms with E-state index in [0.717, 1.165) is 16.9 Å². The highest BCUT2D eigenvalue weighted by Gasteiger charge is 2.20. The molecule has 0 saturated carbocycles. The van der Waals surface area contributed by atoms with Crippen molar-refractivity contribution in [2.75, 3.05) is 13.7 Å². The lowest BCUT2D eigenvalue weighted by molar-refractivity contribution is -0.154. The molecular weight excluding hydrogens is 524 g/mol.